The van der Waals surface area contributed by atoms with Crippen LogP contribution in [0.3, 0.4) is 0 Å². The summed E-state index contributed by atoms with van der Waals surface area (Å²) in [6, 6.07) is 28.5. The SMILES string of the molecule is O=C(CC(c1ccccc1)N(c1ccc2ccccc2c1)S(=O)O)NC1CCOc2cc(CN3CCCCC3)ccc21. The van der Waals surface area contributed by atoms with Crippen molar-refractivity contribution in [3.05, 3.63) is 108 Å². The van der Waals surface area contributed by atoms with Gasteiger partial charge in [-0.15, -0.1) is 0 Å². The summed E-state index contributed by atoms with van der Waals surface area (Å²) in [6.07, 6.45) is 4.50. The number of benzene rings is 4. The van der Waals surface area contributed by atoms with Crippen LogP contribution in [0.4, 0.5) is 5.69 Å². The smallest absolute Gasteiger partial charge is 0.262 e. The second kappa shape index (κ2) is 13.1. The Morgan fingerprint density at radius 2 is 1.71 bits per heavy atom. The van der Waals surface area contributed by atoms with Crippen molar-refractivity contribution in [2.45, 2.75) is 50.7 Å². The van der Waals surface area contributed by atoms with Crippen LogP contribution in [0.1, 0.15) is 60.9 Å². The Balaban J connectivity index is 1.22. The third kappa shape index (κ3) is 6.51. The van der Waals surface area contributed by atoms with Gasteiger partial charge in [-0.05, 0) is 66.0 Å². The van der Waals surface area contributed by atoms with E-state index in [0.717, 1.165) is 47.3 Å². The lowest BCUT2D eigenvalue weighted by atomic mass is 9.97. The van der Waals surface area contributed by atoms with E-state index in [9.17, 15) is 13.6 Å². The molecule has 2 heterocycles. The van der Waals surface area contributed by atoms with E-state index >= 15 is 0 Å². The number of piperidine rings is 1. The molecule has 3 atom stereocenters. The van der Waals surface area contributed by atoms with Crippen LogP contribution in [0, 0.1) is 0 Å². The largest absolute Gasteiger partial charge is 0.493 e. The molecule has 0 aliphatic carbocycles. The van der Waals surface area contributed by atoms with Crippen molar-refractivity contribution in [2.75, 3.05) is 24.0 Å². The first-order valence-electron chi connectivity index (χ1n) is 14.8. The minimum absolute atomic E-state index is 0.0167. The molecule has 0 spiro atoms. The molecule has 0 aromatic heterocycles. The Hall–Kier alpha value is -3.72. The number of rotatable bonds is 9. The lowest BCUT2D eigenvalue weighted by molar-refractivity contribution is -0.122. The summed E-state index contributed by atoms with van der Waals surface area (Å²) in [5.41, 5.74) is 3.57. The molecule has 1 saturated heterocycles. The van der Waals surface area contributed by atoms with Crippen molar-refractivity contribution < 1.29 is 18.3 Å². The zero-order valence-corrected chi connectivity index (χ0v) is 24.5. The van der Waals surface area contributed by atoms with Crippen LogP contribution >= 0.6 is 0 Å². The summed E-state index contributed by atoms with van der Waals surface area (Å²) >= 11 is -2.36. The Morgan fingerprint density at radius 3 is 2.50 bits per heavy atom. The number of ether oxygens (including phenoxy) is 1. The minimum Gasteiger partial charge on any atom is -0.493 e. The van der Waals surface area contributed by atoms with Gasteiger partial charge in [-0.3, -0.25) is 18.6 Å². The molecule has 7 nitrogen and oxygen atoms in total. The number of anilines is 1. The maximum absolute atomic E-state index is 13.6. The van der Waals surface area contributed by atoms with Gasteiger partial charge in [0.2, 0.25) is 5.91 Å². The average molecular weight is 584 g/mol. The Labute approximate surface area is 249 Å². The maximum Gasteiger partial charge on any atom is 0.262 e. The summed E-state index contributed by atoms with van der Waals surface area (Å²) in [4.78, 5) is 16.1. The summed E-state index contributed by atoms with van der Waals surface area (Å²) in [7, 11) is 0. The number of hydrogen-bond donors (Lipinski definition) is 2. The van der Waals surface area contributed by atoms with Gasteiger partial charge in [0, 0.05) is 18.5 Å². The van der Waals surface area contributed by atoms with Crippen LogP contribution in [0.15, 0.2) is 91.0 Å². The van der Waals surface area contributed by atoms with Gasteiger partial charge in [0.1, 0.15) is 5.75 Å². The number of hydrogen-bond acceptors (Lipinski definition) is 4. The second-order valence-electron chi connectivity index (χ2n) is 11.2. The van der Waals surface area contributed by atoms with E-state index in [1.54, 1.807) is 0 Å². The molecule has 0 saturated carbocycles. The molecule has 2 aliphatic rings. The molecule has 2 N–H and O–H groups in total. The number of nitrogens with zero attached hydrogens (tertiary/aromatic N) is 2. The predicted octanol–water partition coefficient (Wildman–Crippen LogP) is 6.54. The standard InChI is InChI=1S/C34H37N3O4S/c38-34(35-31-17-20-41-33-21-25(13-16-30(31)33)24-36-18-7-2-8-19-36)23-32(27-10-3-1-4-11-27)37(42(39)40)29-15-14-26-9-5-6-12-28(26)22-29/h1,3-6,9-16,21-22,31-32H,2,7-8,17-20,23-24H2,(H,35,38)(H,39,40). The number of nitrogens with one attached hydrogen (secondary N) is 1. The first kappa shape index (κ1) is 28.4. The molecule has 2 aliphatic heterocycles. The summed E-state index contributed by atoms with van der Waals surface area (Å²) < 4.78 is 30.8. The van der Waals surface area contributed by atoms with Gasteiger partial charge < -0.3 is 10.1 Å². The van der Waals surface area contributed by atoms with Crippen molar-refractivity contribution in [1.29, 1.82) is 0 Å². The molecule has 3 unspecified atom stereocenters. The molecular formula is C34H37N3O4S. The van der Waals surface area contributed by atoms with E-state index in [4.69, 9.17) is 4.74 Å². The van der Waals surface area contributed by atoms with Crippen LogP contribution in [0.5, 0.6) is 5.75 Å². The first-order valence-corrected chi connectivity index (χ1v) is 15.8. The average Bonchev–Trinajstić information content (AvgIpc) is 3.01. The van der Waals surface area contributed by atoms with Crippen molar-refractivity contribution in [3.63, 3.8) is 0 Å². The van der Waals surface area contributed by atoms with Gasteiger partial charge >= 0.3 is 0 Å². The van der Waals surface area contributed by atoms with E-state index in [-0.39, 0.29) is 18.4 Å². The van der Waals surface area contributed by atoms with Gasteiger partial charge in [0.15, 0.2) is 0 Å². The molecular weight excluding hydrogens is 546 g/mol. The van der Waals surface area contributed by atoms with Crippen LogP contribution in [-0.4, -0.2) is 39.3 Å². The lowest BCUT2D eigenvalue weighted by Gasteiger charge is -2.32. The molecule has 1 amide bonds. The fourth-order valence-corrected chi connectivity index (χ4v) is 6.90. The topological polar surface area (TPSA) is 82.1 Å². The maximum atomic E-state index is 13.6. The first-order chi connectivity index (χ1) is 20.5. The van der Waals surface area contributed by atoms with Crippen molar-refractivity contribution in [2.24, 2.45) is 0 Å². The van der Waals surface area contributed by atoms with E-state index in [1.165, 1.54) is 29.1 Å². The van der Waals surface area contributed by atoms with Gasteiger partial charge in [0.05, 0.1) is 30.8 Å². The van der Waals surface area contributed by atoms with E-state index in [0.29, 0.717) is 18.7 Å². The van der Waals surface area contributed by atoms with Gasteiger partial charge in [-0.1, -0.05) is 79.2 Å². The van der Waals surface area contributed by atoms with Crippen LogP contribution < -0.4 is 14.4 Å². The van der Waals surface area contributed by atoms with Crippen molar-refractivity contribution in [3.8, 4) is 5.75 Å². The van der Waals surface area contributed by atoms with Gasteiger partial charge in [0.25, 0.3) is 11.3 Å². The van der Waals surface area contributed by atoms with E-state index in [1.807, 2.05) is 72.8 Å². The molecule has 4 aromatic carbocycles. The molecule has 0 radical (unpaired) electrons. The van der Waals surface area contributed by atoms with Crippen molar-refractivity contribution in [1.82, 2.24) is 10.2 Å². The monoisotopic (exact) mass is 583 g/mol. The molecule has 6 rings (SSSR count). The third-order valence-electron chi connectivity index (χ3n) is 8.31. The quantitative estimate of drug-likeness (QED) is 0.219. The Bertz CT molecular complexity index is 1560. The highest BCUT2D eigenvalue weighted by Crippen LogP contribution is 2.36. The van der Waals surface area contributed by atoms with Crippen LogP contribution in [-0.2, 0) is 22.6 Å². The van der Waals surface area contributed by atoms with Crippen LogP contribution in [0.25, 0.3) is 10.8 Å². The Kier molecular flexibility index (Phi) is 8.84. The highest BCUT2D eigenvalue weighted by atomic mass is 32.2. The zero-order valence-electron chi connectivity index (χ0n) is 23.7. The van der Waals surface area contributed by atoms with E-state index < -0.39 is 17.3 Å². The molecule has 42 heavy (non-hydrogen) atoms. The number of amides is 1. The summed E-state index contributed by atoms with van der Waals surface area (Å²) in [5.74, 6) is 0.644. The zero-order chi connectivity index (χ0) is 28.9. The van der Waals surface area contributed by atoms with Crippen LogP contribution in [0.2, 0.25) is 0 Å². The minimum atomic E-state index is -2.36. The van der Waals surface area contributed by atoms with Gasteiger partial charge in [-0.25, -0.2) is 4.21 Å². The fraction of sp³-hybridized carbons (Fsp3) is 0.324. The fourth-order valence-electron chi connectivity index (χ4n) is 6.19. The van der Waals surface area contributed by atoms with E-state index in [2.05, 4.69) is 28.4 Å². The summed E-state index contributed by atoms with van der Waals surface area (Å²) in [6.45, 7) is 3.70. The molecule has 8 heteroatoms. The normalized spacial score (nSPS) is 18.5. The molecule has 4 aromatic rings. The third-order valence-corrected chi connectivity index (χ3v) is 9.11. The number of likely N-dealkylation sites (tertiary alicyclic amines) is 1. The lowest BCUT2D eigenvalue weighted by Crippen LogP contribution is -2.37. The highest BCUT2D eigenvalue weighted by molar-refractivity contribution is 7.80. The molecule has 1 fully saturated rings. The Morgan fingerprint density at radius 1 is 0.952 bits per heavy atom. The molecule has 218 valence electrons. The van der Waals surface area contributed by atoms with Crippen molar-refractivity contribution >= 4 is 33.6 Å². The molecule has 0 bridgehead atoms. The number of fused-ring (bicyclic) bond motifs is 2. The summed E-state index contributed by atoms with van der Waals surface area (Å²) in [5, 5.41) is 5.21. The number of carbonyl (C=O) groups is 1. The second-order valence-corrected chi connectivity index (χ2v) is 12.0. The predicted molar refractivity (Wildman–Crippen MR) is 168 cm³/mol. The highest BCUT2D eigenvalue weighted by Gasteiger charge is 2.30. The van der Waals surface area contributed by atoms with Gasteiger partial charge in [-0.2, -0.15) is 0 Å². The number of carbonyl (C=O) groups excluding carboxylic acids is 1.